The topological polar surface area (TPSA) is 138 Å². The SMILES string of the molecule is C/C(=C\CCc1cc(C(N)=NC=N)ccc1N)NC(=O)CO. The van der Waals surface area contributed by atoms with Crippen molar-refractivity contribution >= 4 is 23.8 Å². The molecular weight excluding hydrogens is 282 g/mol. The summed E-state index contributed by atoms with van der Waals surface area (Å²) in [7, 11) is 0. The lowest BCUT2D eigenvalue weighted by atomic mass is 10.0. The second-order valence-corrected chi connectivity index (χ2v) is 4.69. The van der Waals surface area contributed by atoms with Crippen LogP contribution in [0.3, 0.4) is 0 Å². The largest absolute Gasteiger partial charge is 0.399 e. The first-order chi connectivity index (χ1) is 10.5. The van der Waals surface area contributed by atoms with Gasteiger partial charge in [0.05, 0.1) is 0 Å². The number of benzene rings is 1. The number of allylic oxidation sites excluding steroid dienone is 2. The van der Waals surface area contributed by atoms with Gasteiger partial charge in [0.1, 0.15) is 18.8 Å². The molecule has 1 rings (SSSR count). The van der Waals surface area contributed by atoms with E-state index in [0.29, 0.717) is 29.8 Å². The van der Waals surface area contributed by atoms with Gasteiger partial charge in [-0.15, -0.1) is 0 Å². The van der Waals surface area contributed by atoms with Gasteiger partial charge < -0.3 is 21.9 Å². The van der Waals surface area contributed by atoms with Gasteiger partial charge in [0, 0.05) is 16.9 Å². The van der Waals surface area contributed by atoms with Crippen LogP contribution >= 0.6 is 0 Å². The Morgan fingerprint density at radius 3 is 2.86 bits per heavy atom. The minimum atomic E-state index is -0.536. The number of amidine groups is 1. The molecule has 1 aromatic carbocycles. The lowest BCUT2D eigenvalue weighted by Gasteiger charge is -2.08. The lowest BCUT2D eigenvalue weighted by molar-refractivity contribution is -0.123. The fraction of sp³-hybridized carbons (Fsp3) is 0.267. The highest BCUT2D eigenvalue weighted by Gasteiger charge is 2.04. The molecule has 7 nitrogen and oxygen atoms in total. The number of carbonyl (C=O) groups excluding carboxylic acids is 1. The third-order valence-electron chi connectivity index (χ3n) is 2.99. The third-order valence-corrected chi connectivity index (χ3v) is 2.99. The molecule has 0 spiro atoms. The van der Waals surface area contributed by atoms with Gasteiger partial charge in [0.25, 0.3) is 0 Å². The minimum Gasteiger partial charge on any atom is -0.399 e. The molecule has 0 unspecified atom stereocenters. The van der Waals surface area contributed by atoms with Crippen LogP contribution in [-0.2, 0) is 11.2 Å². The summed E-state index contributed by atoms with van der Waals surface area (Å²) in [5, 5.41) is 18.1. The van der Waals surface area contributed by atoms with Crippen LogP contribution in [0, 0.1) is 5.41 Å². The zero-order valence-corrected chi connectivity index (χ0v) is 12.5. The monoisotopic (exact) mass is 303 g/mol. The molecule has 1 amide bonds. The molecule has 0 saturated heterocycles. The summed E-state index contributed by atoms with van der Waals surface area (Å²) >= 11 is 0. The minimum absolute atomic E-state index is 0.262. The van der Waals surface area contributed by atoms with E-state index in [4.69, 9.17) is 22.0 Å². The first kappa shape index (κ1) is 17.4. The Kier molecular flexibility index (Phi) is 6.78. The number of hydrogen-bond donors (Lipinski definition) is 5. The molecule has 22 heavy (non-hydrogen) atoms. The van der Waals surface area contributed by atoms with Gasteiger partial charge in [0.2, 0.25) is 5.91 Å². The summed E-state index contributed by atoms with van der Waals surface area (Å²) in [5.74, 6) is -0.177. The molecule has 7 N–H and O–H groups in total. The number of aliphatic hydroxyl groups is 1. The highest BCUT2D eigenvalue weighted by Crippen LogP contribution is 2.16. The van der Waals surface area contributed by atoms with Crippen molar-refractivity contribution in [2.24, 2.45) is 10.7 Å². The lowest BCUT2D eigenvalue weighted by Crippen LogP contribution is -2.24. The van der Waals surface area contributed by atoms with Crippen molar-refractivity contribution in [1.82, 2.24) is 5.32 Å². The van der Waals surface area contributed by atoms with Gasteiger partial charge in [-0.1, -0.05) is 6.08 Å². The Balaban J connectivity index is 2.75. The molecule has 0 aliphatic rings. The molecule has 0 saturated carbocycles. The van der Waals surface area contributed by atoms with Crippen LogP contribution < -0.4 is 16.8 Å². The first-order valence-electron chi connectivity index (χ1n) is 6.76. The molecule has 0 aromatic heterocycles. The van der Waals surface area contributed by atoms with E-state index >= 15 is 0 Å². The molecule has 0 aliphatic carbocycles. The number of aliphatic imine (C=N–C) groups is 1. The van der Waals surface area contributed by atoms with Gasteiger partial charge in [-0.05, 0) is 43.5 Å². The smallest absolute Gasteiger partial charge is 0.249 e. The van der Waals surface area contributed by atoms with E-state index in [9.17, 15) is 4.79 Å². The van der Waals surface area contributed by atoms with Gasteiger partial charge in [-0.2, -0.15) is 0 Å². The van der Waals surface area contributed by atoms with E-state index < -0.39 is 12.5 Å². The number of anilines is 1. The van der Waals surface area contributed by atoms with Crippen molar-refractivity contribution in [1.29, 1.82) is 5.41 Å². The number of carbonyl (C=O) groups is 1. The number of amides is 1. The summed E-state index contributed by atoms with van der Waals surface area (Å²) in [6, 6.07) is 5.35. The number of aliphatic hydroxyl groups excluding tert-OH is 1. The normalized spacial score (nSPS) is 12.1. The fourth-order valence-electron chi connectivity index (χ4n) is 1.88. The zero-order valence-electron chi connectivity index (χ0n) is 12.5. The van der Waals surface area contributed by atoms with Crippen LogP contribution in [0.15, 0.2) is 35.0 Å². The Morgan fingerprint density at radius 2 is 2.23 bits per heavy atom. The van der Waals surface area contributed by atoms with Crippen molar-refractivity contribution in [3.05, 3.63) is 41.1 Å². The summed E-state index contributed by atoms with van der Waals surface area (Å²) in [5.41, 5.74) is 14.6. The zero-order chi connectivity index (χ0) is 16.5. The summed E-state index contributed by atoms with van der Waals surface area (Å²) in [6.45, 7) is 1.22. The van der Waals surface area contributed by atoms with Crippen molar-refractivity contribution < 1.29 is 9.90 Å². The summed E-state index contributed by atoms with van der Waals surface area (Å²) in [6.07, 6.45) is 4.09. The standard InChI is InChI=1S/C15H21N5O2/c1-10(20-14(22)8-21)3-2-4-11-7-12(5-6-13(11)17)15(18)19-9-16/h3,5-7,9,21H,2,4,8,17H2,1H3,(H,20,22)(H3,16,18,19)/b10-3+. The number of nitrogen functional groups attached to an aromatic ring is 1. The second kappa shape index (κ2) is 8.58. The maximum Gasteiger partial charge on any atom is 0.249 e. The van der Waals surface area contributed by atoms with Crippen molar-refractivity contribution in [2.75, 3.05) is 12.3 Å². The summed E-state index contributed by atoms with van der Waals surface area (Å²) < 4.78 is 0. The average molecular weight is 303 g/mol. The molecule has 118 valence electrons. The predicted molar refractivity (Wildman–Crippen MR) is 87.7 cm³/mol. The Bertz CT molecular complexity index is 608. The van der Waals surface area contributed by atoms with Crippen LogP contribution in [0.5, 0.6) is 0 Å². The number of nitrogens with two attached hydrogens (primary N) is 2. The van der Waals surface area contributed by atoms with E-state index in [1.165, 1.54) is 0 Å². The average Bonchev–Trinajstić information content (AvgIpc) is 2.49. The maximum atomic E-state index is 11.0. The molecule has 0 bridgehead atoms. The molecule has 0 atom stereocenters. The van der Waals surface area contributed by atoms with Crippen molar-refractivity contribution in [3.8, 4) is 0 Å². The van der Waals surface area contributed by atoms with E-state index in [-0.39, 0.29) is 5.84 Å². The van der Waals surface area contributed by atoms with Gasteiger partial charge in [-0.3, -0.25) is 10.2 Å². The van der Waals surface area contributed by atoms with Crippen molar-refractivity contribution in [2.45, 2.75) is 19.8 Å². The second-order valence-electron chi connectivity index (χ2n) is 4.69. The van der Waals surface area contributed by atoms with Crippen LogP contribution in [0.2, 0.25) is 0 Å². The van der Waals surface area contributed by atoms with E-state index in [1.54, 1.807) is 19.1 Å². The molecule has 0 radical (unpaired) electrons. The quantitative estimate of drug-likeness (QED) is 0.285. The molecule has 0 aliphatic heterocycles. The van der Waals surface area contributed by atoms with Crippen molar-refractivity contribution in [3.63, 3.8) is 0 Å². The Morgan fingerprint density at radius 1 is 1.50 bits per heavy atom. The number of nitrogens with zero attached hydrogens (tertiary/aromatic N) is 1. The molecule has 7 heteroatoms. The van der Waals surface area contributed by atoms with Gasteiger partial charge in [0.15, 0.2) is 0 Å². The fourth-order valence-corrected chi connectivity index (χ4v) is 1.88. The Labute approximate surface area is 129 Å². The van der Waals surface area contributed by atoms with E-state index in [2.05, 4.69) is 10.3 Å². The number of aryl methyl sites for hydroxylation is 1. The first-order valence-corrected chi connectivity index (χ1v) is 6.76. The Hall–Kier alpha value is -2.67. The van der Waals surface area contributed by atoms with Gasteiger partial charge in [-0.25, -0.2) is 4.99 Å². The van der Waals surface area contributed by atoms with Crippen LogP contribution in [0.4, 0.5) is 5.69 Å². The highest BCUT2D eigenvalue weighted by molar-refractivity contribution is 6.01. The molecule has 0 heterocycles. The van der Waals surface area contributed by atoms with Crippen LogP contribution in [0.1, 0.15) is 24.5 Å². The molecule has 0 fully saturated rings. The third kappa shape index (κ3) is 5.37. The number of hydrogen-bond acceptors (Lipinski definition) is 4. The maximum absolute atomic E-state index is 11.0. The molecular formula is C15H21N5O2. The summed E-state index contributed by atoms with van der Waals surface area (Å²) in [4.78, 5) is 14.8. The van der Waals surface area contributed by atoms with Crippen LogP contribution in [-0.4, -0.2) is 29.8 Å². The van der Waals surface area contributed by atoms with E-state index in [0.717, 1.165) is 11.9 Å². The highest BCUT2D eigenvalue weighted by atomic mass is 16.3. The number of nitrogens with one attached hydrogen (secondary N) is 2. The number of rotatable bonds is 7. The van der Waals surface area contributed by atoms with Crippen LogP contribution in [0.25, 0.3) is 0 Å². The predicted octanol–water partition coefficient (Wildman–Crippen LogP) is 0.526. The molecule has 1 aromatic rings. The van der Waals surface area contributed by atoms with E-state index in [1.807, 2.05) is 12.1 Å². The van der Waals surface area contributed by atoms with Gasteiger partial charge >= 0.3 is 0 Å².